The Balaban J connectivity index is 2.04. The van der Waals surface area contributed by atoms with Gasteiger partial charge in [-0.25, -0.2) is 13.1 Å². The van der Waals surface area contributed by atoms with E-state index in [1.807, 2.05) is 12.1 Å². The van der Waals surface area contributed by atoms with Crippen LogP contribution in [0.3, 0.4) is 0 Å². The average molecular weight is 440 g/mol. The molecule has 0 amide bonds. The molecule has 3 N–H and O–H groups in total. The molecule has 8 heteroatoms. The third-order valence-electron chi connectivity index (χ3n) is 2.55. The van der Waals surface area contributed by atoms with Crippen LogP contribution in [0.25, 0.3) is 0 Å². The SMILES string of the molecule is Nc1cc(Br)ccc1S(=O)(=O)NCCc1ccc(Br)s1. The van der Waals surface area contributed by atoms with E-state index < -0.39 is 10.0 Å². The molecule has 0 spiro atoms. The van der Waals surface area contributed by atoms with E-state index in [1.165, 1.54) is 6.07 Å². The maximum atomic E-state index is 12.1. The highest BCUT2D eigenvalue weighted by atomic mass is 79.9. The molecule has 0 aliphatic rings. The summed E-state index contributed by atoms with van der Waals surface area (Å²) in [5.41, 5.74) is 5.97. The van der Waals surface area contributed by atoms with Gasteiger partial charge in [0.1, 0.15) is 4.90 Å². The standard InChI is InChI=1S/C12H12Br2N2O2S2/c13-8-1-3-11(10(15)7-8)20(17,18)16-6-5-9-2-4-12(14)19-9/h1-4,7,16H,5-6,15H2. The van der Waals surface area contributed by atoms with Crippen LogP contribution in [-0.4, -0.2) is 15.0 Å². The van der Waals surface area contributed by atoms with Gasteiger partial charge in [0.25, 0.3) is 0 Å². The van der Waals surface area contributed by atoms with Gasteiger partial charge < -0.3 is 5.73 Å². The maximum absolute atomic E-state index is 12.1. The van der Waals surface area contributed by atoms with Crippen LogP contribution >= 0.6 is 43.2 Å². The lowest BCUT2D eigenvalue weighted by molar-refractivity contribution is 0.582. The number of nitrogen functional groups attached to an aromatic ring is 1. The molecule has 108 valence electrons. The largest absolute Gasteiger partial charge is 0.398 e. The molecule has 2 aromatic rings. The minimum Gasteiger partial charge on any atom is -0.398 e. The van der Waals surface area contributed by atoms with E-state index in [0.29, 0.717) is 13.0 Å². The molecule has 1 heterocycles. The Bertz CT molecular complexity index is 714. The lowest BCUT2D eigenvalue weighted by Gasteiger charge is -2.09. The maximum Gasteiger partial charge on any atom is 0.242 e. The van der Waals surface area contributed by atoms with Crippen molar-refractivity contribution >= 4 is 58.9 Å². The Morgan fingerprint density at radius 2 is 1.95 bits per heavy atom. The molecule has 0 aliphatic carbocycles. The van der Waals surface area contributed by atoms with Crippen molar-refractivity contribution in [1.82, 2.24) is 4.72 Å². The van der Waals surface area contributed by atoms with Crippen LogP contribution in [0.15, 0.2) is 43.5 Å². The van der Waals surface area contributed by atoms with Crippen molar-refractivity contribution in [2.75, 3.05) is 12.3 Å². The number of anilines is 1. The number of halogens is 2. The van der Waals surface area contributed by atoms with E-state index >= 15 is 0 Å². The molecule has 1 aromatic carbocycles. The Labute approximate surface area is 138 Å². The van der Waals surface area contributed by atoms with E-state index in [2.05, 4.69) is 36.6 Å². The van der Waals surface area contributed by atoms with E-state index in [9.17, 15) is 8.42 Å². The number of rotatable bonds is 5. The second-order valence-corrected chi connectivity index (χ2v) is 9.23. The fourth-order valence-electron chi connectivity index (χ4n) is 1.64. The van der Waals surface area contributed by atoms with Gasteiger partial charge in [0.2, 0.25) is 10.0 Å². The molecule has 0 atom stereocenters. The van der Waals surface area contributed by atoms with Gasteiger partial charge in [0, 0.05) is 15.9 Å². The number of nitrogens with one attached hydrogen (secondary N) is 1. The molecular formula is C12H12Br2N2O2S2. The quantitative estimate of drug-likeness (QED) is 0.701. The van der Waals surface area contributed by atoms with Crippen LogP contribution in [0, 0.1) is 0 Å². The molecule has 20 heavy (non-hydrogen) atoms. The summed E-state index contributed by atoms with van der Waals surface area (Å²) in [6, 6.07) is 8.63. The molecule has 0 unspecified atom stereocenters. The Morgan fingerprint density at radius 3 is 2.55 bits per heavy atom. The first-order valence-corrected chi connectivity index (χ1v) is 9.56. The molecule has 4 nitrogen and oxygen atoms in total. The Kier molecular flexibility index (Phi) is 5.25. The summed E-state index contributed by atoms with van der Waals surface area (Å²) in [6.45, 7) is 0.338. The third kappa shape index (κ3) is 4.05. The highest BCUT2D eigenvalue weighted by Gasteiger charge is 2.16. The molecule has 0 saturated heterocycles. The Hall–Kier alpha value is -0.410. The van der Waals surface area contributed by atoms with Crippen molar-refractivity contribution in [2.45, 2.75) is 11.3 Å². The van der Waals surface area contributed by atoms with Crippen molar-refractivity contribution < 1.29 is 8.42 Å². The highest BCUT2D eigenvalue weighted by Crippen LogP contribution is 2.24. The number of nitrogens with two attached hydrogens (primary N) is 1. The summed E-state index contributed by atoms with van der Waals surface area (Å²) >= 11 is 8.22. The summed E-state index contributed by atoms with van der Waals surface area (Å²) < 4.78 is 28.6. The van der Waals surface area contributed by atoms with Crippen LogP contribution < -0.4 is 10.5 Å². The van der Waals surface area contributed by atoms with Gasteiger partial charge in [-0.15, -0.1) is 11.3 Å². The van der Waals surface area contributed by atoms with Crippen molar-refractivity contribution in [3.63, 3.8) is 0 Å². The molecule has 0 saturated carbocycles. The van der Waals surface area contributed by atoms with Crippen LogP contribution in [0.1, 0.15) is 4.88 Å². The van der Waals surface area contributed by atoms with Gasteiger partial charge in [-0.2, -0.15) is 0 Å². The minimum atomic E-state index is -3.57. The molecular weight excluding hydrogens is 428 g/mol. The number of hydrogen-bond acceptors (Lipinski definition) is 4. The predicted octanol–water partition coefficient (Wildman–Crippen LogP) is 3.38. The van der Waals surface area contributed by atoms with Gasteiger partial charge in [-0.05, 0) is 52.7 Å². The number of hydrogen-bond donors (Lipinski definition) is 2. The zero-order valence-electron chi connectivity index (χ0n) is 10.3. The first-order chi connectivity index (χ1) is 9.38. The van der Waals surface area contributed by atoms with E-state index in [0.717, 1.165) is 13.1 Å². The summed E-state index contributed by atoms with van der Waals surface area (Å²) in [5.74, 6) is 0. The summed E-state index contributed by atoms with van der Waals surface area (Å²) in [7, 11) is -3.57. The van der Waals surface area contributed by atoms with Crippen molar-refractivity contribution in [3.8, 4) is 0 Å². The number of sulfonamides is 1. The van der Waals surface area contributed by atoms with Crippen molar-refractivity contribution in [1.29, 1.82) is 0 Å². The predicted molar refractivity (Wildman–Crippen MR) is 89.5 cm³/mol. The minimum absolute atomic E-state index is 0.105. The third-order valence-corrected chi connectivity index (χ3v) is 6.27. The van der Waals surface area contributed by atoms with E-state index in [4.69, 9.17) is 5.73 Å². The van der Waals surface area contributed by atoms with Crippen LogP contribution in [0.5, 0.6) is 0 Å². The van der Waals surface area contributed by atoms with Gasteiger partial charge in [0.15, 0.2) is 0 Å². The first kappa shape index (κ1) is 16.0. The van der Waals surface area contributed by atoms with Gasteiger partial charge in [0.05, 0.1) is 9.47 Å². The summed E-state index contributed by atoms with van der Waals surface area (Å²) in [5, 5.41) is 0. The van der Waals surface area contributed by atoms with Crippen LogP contribution in [0.4, 0.5) is 5.69 Å². The first-order valence-electron chi connectivity index (χ1n) is 5.67. The van der Waals surface area contributed by atoms with Crippen molar-refractivity contribution in [3.05, 3.63) is 43.5 Å². The second-order valence-electron chi connectivity index (χ2n) is 4.04. The van der Waals surface area contributed by atoms with Gasteiger partial charge >= 0.3 is 0 Å². The zero-order chi connectivity index (χ0) is 14.8. The fraction of sp³-hybridized carbons (Fsp3) is 0.167. The summed E-state index contributed by atoms with van der Waals surface area (Å²) in [4.78, 5) is 1.22. The molecule has 0 aliphatic heterocycles. The lowest BCUT2D eigenvalue weighted by atomic mass is 10.3. The number of thiophene rings is 1. The highest BCUT2D eigenvalue weighted by molar-refractivity contribution is 9.11. The van der Waals surface area contributed by atoms with Crippen LogP contribution in [0.2, 0.25) is 0 Å². The lowest BCUT2D eigenvalue weighted by Crippen LogP contribution is -2.26. The van der Waals surface area contributed by atoms with Gasteiger partial charge in [-0.3, -0.25) is 0 Å². The Morgan fingerprint density at radius 1 is 1.20 bits per heavy atom. The molecule has 0 fully saturated rings. The number of benzene rings is 1. The second kappa shape index (κ2) is 6.57. The fourth-order valence-corrected chi connectivity index (χ4v) is 4.64. The molecule has 0 bridgehead atoms. The van der Waals surface area contributed by atoms with Crippen molar-refractivity contribution in [2.24, 2.45) is 0 Å². The topological polar surface area (TPSA) is 72.2 Å². The van der Waals surface area contributed by atoms with Gasteiger partial charge in [-0.1, -0.05) is 15.9 Å². The average Bonchev–Trinajstić information content (AvgIpc) is 2.74. The van der Waals surface area contributed by atoms with E-state index in [-0.39, 0.29) is 10.6 Å². The normalized spacial score (nSPS) is 11.7. The molecule has 1 aromatic heterocycles. The molecule has 2 rings (SSSR count). The van der Waals surface area contributed by atoms with Crippen LogP contribution in [-0.2, 0) is 16.4 Å². The molecule has 0 radical (unpaired) electrons. The smallest absolute Gasteiger partial charge is 0.242 e. The van der Waals surface area contributed by atoms with E-state index in [1.54, 1.807) is 23.5 Å². The summed E-state index contributed by atoms with van der Waals surface area (Å²) in [6.07, 6.45) is 0.645. The zero-order valence-corrected chi connectivity index (χ0v) is 15.1. The monoisotopic (exact) mass is 438 g/mol.